The molecule has 2 aromatic rings. The lowest BCUT2D eigenvalue weighted by Crippen LogP contribution is -2.42. The molecule has 1 N–H and O–H groups in total. The molecule has 0 fully saturated rings. The predicted octanol–water partition coefficient (Wildman–Crippen LogP) is 3.61. The van der Waals surface area contributed by atoms with Crippen LogP contribution in [-0.2, 0) is 11.2 Å². The van der Waals surface area contributed by atoms with Crippen LogP contribution in [0.3, 0.4) is 0 Å². The number of carbonyl (C=O) groups is 1. The summed E-state index contributed by atoms with van der Waals surface area (Å²) in [7, 11) is 0. The summed E-state index contributed by atoms with van der Waals surface area (Å²) in [6.45, 7) is 8.73. The minimum Gasteiger partial charge on any atom is -0.286 e. The first kappa shape index (κ1) is 19.2. The van der Waals surface area contributed by atoms with Crippen LogP contribution >= 0.6 is 11.8 Å². The third kappa shape index (κ3) is 5.19. The molecular weight excluding hydrogens is 332 g/mol. The van der Waals surface area contributed by atoms with Crippen LogP contribution in [0.4, 0.5) is 5.69 Å². The normalized spacial score (nSPS) is 10.6. The molecule has 0 spiro atoms. The Morgan fingerprint density at radius 3 is 2.24 bits per heavy atom. The number of amides is 1. The second kappa shape index (κ2) is 8.85. The summed E-state index contributed by atoms with van der Waals surface area (Å²) in [4.78, 5) is 21.3. The monoisotopic (exact) mass is 358 g/mol. The molecule has 134 valence electrons. The Morgan fingerprint density at radius 2 is 1.72 bits per heavy atom. The quantitative estimate of drug-likeness (QED) is 0.465. The fraction of sp³-hybridized carbons (Fsp3) is 0.421. The zero-order valence-electron chi connectivity index (χ0n) is 15.6. The standard InChI is InChI=1S/C19H26N4OS/c1-6-23(16-9-7-13(2)8-10-16)22-18(24)12-11-17-14(3)20-19(25-5)21-15(17)4/h7-10H,6,11-12H2,1-5H3,(H,22,24). The maximum Gasteiger partial charge on any atom is 0.238 e. The molecule has 0 aliphatic carbocycles. The van der Waals surface area contributed by atoms with Crippen LogP contribution in [0.25, 0.3) is 0 Å². The molecule has 0 aliphatic rings. The highest BCUT2D eigenvalue weighted by Gasteiger charge is 2.12. The number of hydrazine groups is 1. The van der Waals surface area contributed by atoms with Crippen LogP contribution in [0.5, 0.6) is 0 Å². The molecule has 0 saturated carbocycles. The lowest BCUT2D eigenvalue weighted by molar-refractivity contribution is -0.121. The molecule has 0 radical (unpaired) electrons. The molecule has 2 rings (SSSR count). The van der Waals surface area contributed by atoms with E-state index in [2.05, 4.69) is 15.4 Å². The van der Waals surface area contributed by atoms with E-state index in [1.807, 2.05) is 63.2 Å². The smallest absolute Gasteiger partial charge is 0.238 e. The van der Waals surface area contributed by atoms with E-state index >= 15 is 0 Å². The van der Waals surface area contributed by atoms with Gasteiger partial charge in [-0.05, 0) is 58.1 Å². The Bertz CT molecular complexity index is 708. The largest absolute Gasteiger partial charge is 0.286 e. The summed E-state index contributed by atoms with van der Waals surface area (Å²) < 4.78 is 0. The number of hydrogen-bond donors (Lipinski definition) is 1. The molecule has 0 unspecified atom stereocenters. The van der Waals surface area contributed by atoms with Crippen molar-refractivity contribution in [3.63, 3.8) is 0 Å². The van der Waals surface area contributed by atoms with E-state index in [0.29, 0.717) is 19.4 Å². The number of benzene rings is 1. The maximum atomic E-state index is 12.4. The third-order valence-electron chi connectivity index (χ3n) is 4.11. The van der Waals surface area contributed by atoms with Crippen molar-refractivity contribution in [2.45, 2.75) is 45.7 Å². The van der Waals surface area contributed by atoms with Gasteiger partial charge in [0, 0.05) is 24.4 Å². The van der Waals surface area contributed by atoms with Gasteiger partial charge in [-0.2, -0.15) is 0 Å². The zero-order valence-corrected chi connectivity index (χ0v) is 16.4. The van der Waals surface area contributed by atoms with Gasteiger partial charge in [0.1, 0.15) is 0 Å². The molecular formula is C19H26N4OS. The lowest BCUT2D eigenvalue weighted by Gasteiger charge is -2.24. The Balaban J connectivity index is 1.99. The van der Waals surface area contributed by atoms with Gasteiger partial charge in [0.15, 0.2) is 5.16 Å². The fourth-order valence-corrected chi connectivity index (χ4v) is 3.11. The van der Waals surface area contributed by atoms with E-state index in [1.54, 1.807) is 0 Å². The van der Waals surface area contributed by atoms with Gasteiger partial charge in [-0.25, -0.2) is 9.97 Å². The topological polar surface area (TPSA) is 58.1 Å². The van der Waals surface area contributed by atoms with Gasteiger partial charge in [0.05, 0.1) is 5.69 Å². The molecule has 25 heavy (non-hydrogen) atoms. The first-order chi connectivity index (χ1) is 11.9. The van der Waals surface area contributed by atoms with Crippen molar-refractivity contribution in [1.82, 2.24) is 15.4 Å². The molecule has 0 saturated heterocycles. The van der Waals surface area contributed by atoms with Crippen molar-refractivity contribution < 1.29 is 4.79 Å². The molecule has 0 aliphatic heterocycles. The Morgan fingerprint density at radius 1 is 1.12 bits per heavy atom. The highest BCUT2D eigenvalue weighted by Crippen LogP contribution is 2.17. The first-order valence-electron chi connectivity index (χ1n) is 8.46. The van der Waals surface area contributed by atoms with Gasteiger partial charge in [0.2, 0.25) is 5.91 Å². The zero-order chi connectivity index (χ0) is 18.4. The van der Waals surface area contributed by atoms with Crippen LogP contribution in [0, 0.1) is 20.8 Å². The second-order valence-electron chi connectivity index (χ2n) is 5.97. The average Bonchev–Trinajstić information content (AvgIpc) is 2.59. The highest BCUT2D eigenvalue weighted by atomic mass is 32.2. The van der Waals surface area contributed by atoms with Crippen LogP contribution in [0.2, 0.25) is 0 Å². The number of aromatic nitrogens is 2. The van der Waals surface area contributed by atoms with Crippen molar-refractivity contribution in [3.8, 4) is 0 Å². The minimum atomic E-state index is -0.00447. The molecule has 0 bridgehead atoms. The summed E-state index contributed by atoms with van der Waals surface area (Å²) >= 11 is 1.53. The van der Waals surface area contributed by atoms with Crippen LogP contribution in [-0.4, -0.2) is 28.7 Å². The SMILES string of the molecule is CCN(NC(=O)CCc1c(C)nc(SC)nc1C)c1ccc(C)cc1. The molecule has 5 nitrogen and oxygen atoms in total. The number of anilines is 1. The number of nitrogens with zero attached hydrogens (tertiary/aromatic N) is 3. The summed E-state index contributed by atoms with van der Waals surface area (Å²) in [5.74, 6) is -0.00447. The number of carbonyl (C=O) groups excluding carboxylic acids is 1. The van der Waals surface area contributed by atoms with E-state index in [0.717, 1.165) is 27.8 Å². The number of thioether (sulfide) groups is 1. The predicted molar refractivity (Wildman–Crippen MR) is 104 cm³/mol. The van der Waals surface area contributed by atoms with Crippen molar-refractivity contribution in [2.24, 2.45) is 0 Å². The summed E-state index contributed by atoms with van der Waals surface area (Å²) in [6, 6.07) is 8.12. The Kier molecular flexibility index (Phi) is 6.82. The van der Waals surface area contributed by atoms with Crippen molar-refractivity contribution in [3.05, 3.63) is 46.8 Å². The van der Waals surface area contributed by atoms with E-state index in [-0.39, 0.29) is 5.91 Å². The Hall–Kier alpha value is -2.08. The Labute approximate surface area is 154 Å². The van der Waals surface area contributed by atoms with Gasteiger partial charge in [-0.1, -0.05) is 29.5 Å². The number of aryl methyl sites for hydroxylation is 3. The van der Waals surface area contributed by atoms with Crippen LogP contribution < -0.4 is 10.4 Å². The van der Waals surface area contributed by atoms with Crippen molar-refractivity contribution in [2.75, 3.05) is 17.8 Å². The summed E-state index contributed by atoms with van der Waals surface area (Å²) in [6.07, 6.45) is 3.02. The second-order valence-corrected chi connectivity index (χ2v) is 6.75. The number of nitrogens with one attached hydrogen (secondary N) is 1. The average molecular weight is 359 g/mol. The van der Waals surface area contributed by atoms with Gasteiger partial charge in [-0.3, -0.25) is 15.2 Å². The third-order valence-corrected chi connectivity index (χ3v) is 4.65. The van der Waals surface area contributed by atoms with Gasteiger partial charge >= 0.3 is 0 Å². The molecule has 1 amide bonds. The van der Waals surface area contributed by atoms with Gasteiger partial charge < -0.3 is 0 Å². The molecule has 1 heterocycles. The van der Waals surface area contributed by atoms with E-state index in [4.69, 9.17) is 0 Å². The lowest BCUT2D eigenvalue weighted by atomic mass is 10.1. The van der Waals surface area contributed by atoms with Crippen LogP contribution in [0.15, 0.2) is 29.4 Å². The van der Waals surface area contributed by atoms with Gasteiger partial charge in [0.25, 0.3) is 0 Å². The summed E-state index contributed by atoms with van der Waals surface area (Å²) in [5, 5.41) is 2.65. The van der Waals surface area contributed by atoms with E-state index in [1.165, 1.54) is 17.3 Å². The highest BCUT2D eigenvalue weighted by molar-refractivity contribution is 7.98. The first-order valence-corrected chi connectivity index (χ1v) is 9.68. The minimum absolute atomic E-state index is 0.00447. The number of rotatable bonds is 7. The van der Waals surface area contributed by atoms with Gasteiger partial charge in [-0.15, -0.1) is 0 Å². The maximum absolute atomic E-state index is 12.4. The molecule has 1 aromatic carbocycles. The van der Waals surface area contributed by atoms with Crippen LogP contribution in [0.1, 0.15) is 35.9 Å². The summed E-state index contributed by atoms with van der Waals surface area (Å²) in [5.41, 5.74) is 8.14. The van der Waals surface area contributed by atoms with Crippen molar-refractivity contribution >= 4 is 23.4 Å². The fourth-order valence-electron chi connectivity index (χ4n) is 2.66. The molecule has 1 aromatic heterocycles. The van der Waals surface area contributed by atoms with E-state index in [9.17, 15) is 4.79 Å². The van der Waals surface area contributed by atoms with Crippen molar-refractivity contribution in [1.29, 1.82) is 0 Å². The molecule has 0 atom stereocenters. The number of hydrogen-bond acceptors (Lipinski definition) is 5. The van der Waals surface area contributed by atoms with E-state index < -0.39 is 0 Å². The molecule has 6 heteroatoms.